The molecule has 1 N–H and O–H groups in total. The summed E-state index contributed by atoms with van der Waals surface area (Å²) in [4.78, 5) is 9.29. The summed E-state index contributed by atoms with van der Waals surface area (Å²) >= 11 is 0. The van der Waals surface area contributed by atoms with Crippen LogP contribution in [0.25, 0.3) is 0 Å². The van der Waals surface area contributed by atoms with E-state index in [-0.39, 0.29) is 5.82 Å². The number of ether oxygens (including phenoxy) is 2. The van der Waals surface area contributed by atoms with Gasteiger partial charge < -0.3 is 19.7 Å². The van der Waals surface area contributed by atoms with E-state index in [1.165, 1.54) is 18.6 Å². The van der Waals surface area contributed by atoms with Crippen molar-refractivity contribution in [1.82, 2.24) is 15.1 Å². The molecule has 0 aromatic heterocycles. The number of guanidine groups is 1. The monoisotopic (exact) mass is 364 g/mol. The molecule has 0 amide bonds. The van der Waals surface area contributed by atoms with E-state index in [2.05, 4.69) is 20.1 Å². The van der Waals surface area contributed by atoms with E-state index in [1.807, 2.05) is 7.05 Å². The van der Waals surface area contributed by atoms with Crippen molar-refractivity contribution < 1.29 is 13.9 Å². The fraction of sp³-hybridized carbons (Fsp3) is 0.632. The zero-order valence-corrected chi connectivity index (χ0v) is 15.5. The molecule has 1 aromatic carbocycles. The second-order valence-electron chi connectivity index (χ2n) is 6.67. The van der Waals surface area contributed by atoms with Crippen LogP contribution in [0, 0.1) is 5.82 Å². The Morgan fingerprint density at radius 3 is 2.77 bits per heavy atom. The normalized spacial score (nSPS) is 21.8. The van der Waals surface area contributed by atoms with E-state index in [0.717, 1.165) is 58.3 Å². The molecule has 1 atom stereocenters. The third-order valence-electron chi connectivity index (χ3n) is 4.92. The first-order valence-electron chi connectivity index (χ1n) is 9.42. The highest BCUT2D eigenvalue weighted by molar-refractivity contribution is 5.80. The number of nitrogens with zero attached hydrogens (tertiary/aromatic N) is 3. The number of hydrogen-bond donors (Lipinski definition) is 1. The van der Waals surface area contributed by atoms with Gasteiger partial charge in [-0.3, -0.25) is 9.89 Å². The Bertz CT molecular complexity index is 575. The lowest BCUT2D eigenvalue weighted by Gasteiger charge is -2.32. The molecule has 1 unspecified atom stereocenters. The summed E-state index contributed by atoms with van der Waals surface area (Å²) in [6, 6.07) is 6.72. The molecular weight excluding hydrogens is 335 g/mol. The smallest absolute Gasteiger partial charge is 0.193 e. The Morgan fingerprint density at radius 1 is 1.27 bits per heavy atom. The summed E-state index contributed by atoms with van der Waals surface area (Å²) < 4.78 is 23.9. The number of likely N-dealkylation sites (tertiary alicyclic amines) is 1. The lowest BCUT2D eigenvalue weighted by atomic mass is 10.2. The van der Waals surface area contributed by atoms with Gasteiger partial charge in [-0.25, -0.2) is 4.39 Å². The van der Waals surface area contributed by atoms with E-state index in [0.29, 0.717) is 18.4 Å². The maximum Gasteiger partial charge on any atom is 0.193 e. The first-order valence-corrected chi connectivity index (χ1v) is 9.42. The fourth-order valence-corrected chi connectivity index (χ4v) is 3.50. The van der Waals surface area contributed by atoms with E-state index in [4.69, 9.17) is 9.47 Å². The second kappa shape index (κ2) is 9.73. The van der Waals surface area contributed by atoms with Crippen LogP contribution >= 0.6 is 0 Å². The zero-order valence-electron chi connectivity index (χ0n) is 15.5. The number of aliphatic imine (C=N–C) groups is 1. The van der Waals surface area contributed by atoms with Crippen LogP contribution < -0.4 is 10.1 Å². The van der Waals surface area contributed by atoms with Gasteiger partial charge in [-0.1, -0.05) is 0 Å². The molecule has 7 heteroatoms. The van der Waals surface area contributed by atoms with Crippen LogP contribution in [-0.2, 0) is 4.74 Å². The van der Waals surface area contributed by atoms with Crippen molar-refractivity contribution in [2.24, 2.45) is 4.99 Å². The molecule has 2 aliphatic heterocycles. The summed E-state index contributed by atoms with van der Waals surface area (Å²) in [5.41, 5.74) is 0. The molecule has 0 radical (unpaired) electrons. The van der Waals surface area contributed by atoms with Crippen LogP contribution in [0.5, 0.6) is 5.75 Å². The number of rotatable bonds is 6. The number of nitrogens with one attached hydrogen (secondary N) is 1. The first-order chi connectivity index (χ1) is 12.8. The second-order valence-corrected chi connectivity index (χ2v) is 6.67. The van der Waals surface area contributed by atoms with Crippen molar-refractivity contribution in [3.8, 4) is 5.75 Å². The van der Waals surface area contributed by atoms with Gasteiger partial charge in [-0.15, -0.1) is 0 Å². The molecule has 2 heterocycles. The van der Waals surface area contributed by atoms with Crippen molar-refractivity contribution in [1.29, 1.82) is 0 Å². The molecule has 6 nitrogen and oxygen atoms in total. The highest BCUT2D eigenvalue weighted by Crippen LogP contribution is 2.17. The molecule has 144 valence electrons. The van der Waals surface area contributed by atoms with Gasteiger partial charge in [0.1, 0.15) is 11.6 Å². The lowest BCUT2D eigenvalue weighted by Crippen LogP contribution is -2.46. The minimum atomic E-state index is -0.246. The molecule has 2 saturated heterocycles. The molecule has 3 rings (SSSR count). The maximum atomic E-state index is 12.9. The number of benzene rings is 1. The topological polar surface area (TPSA) is 49.3 Å². The summed E-state index contributed by atoms with van der Waals surface area (Å²) in [6.45, 7) is 7.20. The molecule has 0 spiro atoms. The summed E-state index contributed by atoms with van der Waals surface area (Å²) in [5.74, 6) is 1.41. The maximum absolute atomic E-state index is 12.9. The van der Waals surface area contributed by atoms with E-state index < -0.39 is 0 Å². The largest absolute Gasteiger partial charge is 0.494 e. The van der Waals surface area contributed by atoms with Gasteiger partial charge in [0.25, 0.3) is 0 Å². The minimum Gasteiger partial charge on any atom is -0.494 e. The van der Waals surface area contributed by atoms with Gasteiger partial charge in [-0.2, -0.15) is 0 Å². The SMILES string of the molecule is CN=C(NCCCOc1ccc(F)cc1)N1CCC(N2CCOCC2)C1. The van der Waals surface area contributed by atoms with Crippen molar-refractivity contribution in [2.75, 3.05) is 59.6 Å². The highest BCUT2D eigenvalue weighted by Gasteiger charge is 2.30. The third-order valence-corrected chi connectivity index (χ3v) is 4.92. The zero-order chi connectivity index (χ0) is 18.2. The van der Waals surface area contributed by atoms with Crippen LogP contribution in [-0.4, -0.2) is 81.4 Å². The van der Waals surface area contributed by atoms with E-state index in [9.17, 15) is 4.39 Å². The Morgan fingerprint density at radius 2 is 2.04 bits per heavy atom. The number of halogens is 1. The van der Waals surface area contributed by atoms with Crippen LogP contribution in [0.15, 0.2) is 29.3 Å². The quantitative estimate of drug-likeness (QED) is 0.472. The average Bonchev–Trinajstić information content (AvgIpc) is 3.17. The van der Waals surface area contributed by atoms with Crippen molar-refractivity contribution in [2.45, 2.75) is 18.9 Å². The molecular formula is C19H29FN4O2. The molecule has 0 saturated carbocycles. The predicted octanol–water partition coefficient (Wildman–Crippen LogP) is 1.58. The molecule has 2 aliphatic rings. The van der Waals surface area contributed by atoms with Crippen LogP contribution in [0.3, 0.4) is 0 Å². The van der Waals surface area contributed by atoms with Gasteiger partial charge in [0.2, 0.25) is 0 Å². The summed E-state index contributed by atoms with van der Waals surface area (Å²) in [5, 5.41) is 3.42. The molecule has 2 fully saturated rings. The van der Waals surface area contributed by atoms with Gasteiger partial charge in [0, 0.05) is 45.8 Å². The number of morpholine rings is 1. The van der Waals surface area contributed by atoms with Crippen molar-refractivity contribution in [3.05, 3.63) is 30.1 Å². The molecule has 1 aromatic rings. The Kier molecular flexibility index (Phi) is 7.08. The van der Waals surface area contributed by atoms with Crippen LogP contribution in [0.1, 0.15) is 12.8 Å². The van der Waals surface area contributed by atoms with Gasteiger partial charge >= 0.3 is 0 Å². The Labute approximate surface area is 155 Å². The Hall–Kier alpha value is -1.86. The minimum absolute atomic E-state index is 0.246. The third kappa shape index (κ3) is 5.32. The average molecular weight is 364 g/mol. The van der Waals surface area contributed by atoms with Crippen LogP contribution in [0.4, 0.5) is 4.39 Å². The summed E-state index contributed by atoms with van der Waals surface area (Å²) in [7, 11) is 1.83. The highest BCUT2D eigenvalue weighted by atomic mass is 19.1. The lowest BCUT2D eigenvalue weighted by molar-refractivity contribution is 0.0195. The van der Waals surface area contributed by atoms with E-state index >= 15 is 0 Å². The van der Waals surface area contributed by atoms with Crippen molar-refractivity contribution >= 4 is 5.96 Å². The predicted molar refractivity (Wildman–Crippen MR) is 100 cm³/mol. The van der Waals surface area contributed by atoms with E-state index in [1.54, 1.807) is 12.1 Å². The molecule has 0 aliphatic carbocycles. The van der Waals surface area contributed by atoms with Gasteiger partial charge in [0.05, 0.1) is 19.8 Å². The first kappa shape index (κ1) is 18.9. The Balaban J connectivity index is 1.35. The fourth-order valence-electron chi connectivity index (χ4n) is 3.50. The van der Waals surface area contributed by atoms with Gasteiger partial charge in [0.15, 0.2) is 5.96 Å². The summed E-state index contributed by atoms with van der Waals surface area (Å²) in [6.07, 6.45) is 2.03. The number of hydrogen-bond acceptors (Lipinski definition) is 4. The standard InChI is InChI=1S/C19H29FN4O2/c1-21-19(22-8-2-12-26-18-5-3-16(20)4-6-18)24-9-7-17(15-24)23-10-13-25-14-11-23/h3-6,17H,2,7-15H2,1H3,(H,21,22). The van der Waals surface area contributed by atoms with Gasteiger partial charge in [-0.05, 0) is 37.1 Å². The molecule has 0 bridgehead atoms. The molecule has 26 heavy (non-hydrogen) atoms. The van der Waals surface area contributed by atoms with Crippen LogP contribution in [0.2, 0.25) is 0 Å². The van der Waals surface area contributed by atoms with Crippen molar-refractivity contribution in [3.63, 3.8) is 0 Å².